The SMILES string of the molecule is C=O.Cc1cc(/C=C2\SC(=O)NC2=O)ccc1OC(=O)CCCCc1ccccc1.O=C(O)CCCCc1ccccc1. The first-order chi connectivity index (χ1) is 20.8. The number of imide groups is 1. The van der Waals surface area contributed by atoms with Gasteiger partial charge in [-0.2, -0.15) is 0 Å². The molecule has 0 radical (unpaired) electrons. The van der Waals surface area contributed by atoms with Crippen LogP contribution in [-0.2, 0) is 32.0 Å². The number of benzene rings is 3. The van der Waals surface area contributed by atoms with Gasteiger partial charge in [-0.3, -0.25) is 24.5 Å². The van der Waals surface area contributed by atoms with E-state index in [1.165, 1.54) is 11.1 Å². The molecule has 43 heavy (non-hydrogen) atoms. The molecule has 3 aromatic rings. The van der Waals surface area contributed by atoms with Crippen LogP contribution in [0.4, 0.5) is 4.79 Å². The van der Waals surface area contributed by atoms with Gasteiger partial charge < -0.3 is 14.6 Å². The van der Waals surface area contributed by atoms with E-state index in [2.05, 4.69) is 29.6 Å². The standard InChI is InChI=1S/C22H21NO4S.C11H14O2.CH2O/c1-15-13-17(14-19-21(25)23-22(26)28-19)11-12-18(15)27-20(24)10-6-5-9-16-7-3-2-4-8-16;12-11(13)9-5-4-8-10-6-2-1-3-7-10;1-2/h2-4,7-8,11-14H,5-6,9-10H2,1H3,(H,23,25,26);1-3,6-7H,4-5,8-9H2,(H,12,13);1H2/b19-14-;;. The molecule has 3 aromatic carbocycles. The van der Waals surface area contributed by atoms with Crippen LogP contribution in [0.2, 0.25) is 0 Å². The number of amides is 2. The summed E-state index contributed by atoms with van der Waals surface area (Å²) in [6.07, 6.45) is 7.66. The molecule has 1 saturated heterocycles. The Labute approximate surface area is 256 Å². The van der Waals surface area contributed by atoms with E-state index in [0.29, 0.717) is 17.1 Å². The minimum absolute atomic E-state index is 0.251. The van der Waals surface area contributed by atoms with E-state index in [4.69, 9.17) is 14.6 Å². The van der Waals surface area contributed by atoms with Gasteiger partial charge in [0, 0.05) is 12.8 Å². The molecule has 0 atom stereocenters. The lowest BCUT2D eigenvalue weighted by molar-refractivity contribution is -0.137. The molecule has 4 rings (SSSR count). The minimum Gasteiger partial charge on any atom is -0.481 e. The van der Waals surface area contributed by atoms with E-state index in [0.717, 1.165) is 61.4 Å². The number of hydrogen-bond donors (Lipinski definition) is 2. The fourth-order valence-electron chi connectivity index (χ4n) is 4.12. The number of unbranched alkanes of at least 4 members (excludes halogenated alkanes) is 2. The van der Waals surface area contributed by atoms with Gasteiger partial charge in [0.2, 0.25) is 0 Å². The van der Waals surface area contributed by atoms with E-state index in [1.54, 1.807) is 18.2 Å². The first kappa shape index (κ1) is 34.7. The summed E-state index contributed by atoms with van der Waals surface area (Å²) in [5, 5.41) is 10.3. The smallest absolute Gasteiger partial charge is 0.311 e. The lowest BCUT2D eigenvalue weighted by atomic mass is 10.1. The average molecular weight is 604 g/mol. The van der Waals surface area contributed by atoms with Crippen LogP contribution < -0.4 is 10.1 Å². The van der Waals surface area contributed by atoms with E-state index in [-0.39, 0.29) is 17.6 Å². The predicted octanol–water partition coefficient (Wildman–Crippen LogP) is 6.94. The molecule has 0 spiro atoms. The third kappa shape index (κ3) is 13.8. The van der Waals surface area contributed by atoms with Crippen molar-refractivity contribution in [2.45, 2.75) is 58.3 Å². The van der Waals surface area contributed by atoms with E-state index >= 15 is 0 Å². The molecule has 1 aliphatic heterocycles. The van der Waals surface area contributed by atoms with Gasteiger partial charge in [-0.25, -0.2) is 0 Å². The zero-order valence-electron chi connectivity index (χ0n) is 24.3. The van der Waals surface area contributed by atoms with Gasteiger partial charge >= 0.3 is 11.9 Å². The van der Waals surface area contributed by atoms with Gasteiger partial charge in [-0.15, -0.1) is 0 Å². The summed E-state index contributed by atoms with van der Waals surface area (Å²) >= 11 is 0.875. The van der Waals surface area contributed by atoms with Crippen LogP contribution in [0.25, 0.3) is 6.08 Å². The minimum atomic E-state index is -0.701. The summed E-state index contributed by atoms with van der Waals surface area (Å²) in [5.41, 5.74) is 4.12. The molecule has 2 amide bonds. The van der Waals surface area contributed by atoms with Crippen molar-refractivity contribution in [3.8, 4) is 5.75 Å². The highest BCUT2D eigenvalue weighted by molar-refractivity contribution is 8.18. The van der Waals surface area contributed by atoms with Crippen molar-refractivity contribution in [3.63, 3.8) is 0 Å². The summed E-state index contributed by atoms with van der Waals surface area (Å²) in [4.78, 5) is 53.5. The van der Waals surface area contributed by atoms with Gasteiger partial charge in [0.1, 0.15) is 12.5 Å². The number of carbonyl (C=O) groups excluding carboxylic acids is 4. The number of carbonyl (C=O) groups is 5. The molecule has 1 heterocycles. The Morgan fingerprint density at radius 2 is 1.40 bits per heavy atom. The Hall–Kier alpha value is -4.50. The Morgan fingerprint density at radius 3 is 1.88 bits per heavy atom. The molecule has 8 nitrogen and oxygen atoms in total. The Bertz CT molecular complexity index is 1370. The molecule has 9 heteroatoms. The second-order valence-electron chi connectivity index (χ2n) is 9.63. The maximum atomic E-state index is 12.1. The van der Waals surface area contributed by atoms with Gasteiger partial charge in [-0.05, 0) is 97.7 Å². The van der Waals surface area contributed by atoms with Gasteiger partial charge in [0.05, 0.1) is 4.91 Å². The fourth-order valence-corrected chi connectivity index (χ4v) is 4.80. The van der Waals surface area contributed by atoms with Crippen LogP contribution in [0, 0.1) is 6.92 Å². The van der Waals surface area contributed by atoms with Crippen LogP contribution in [0.15, 0.2) is 83.8 Å². The highest BCUT2D eigenvalue weighted by atomic mass is 32.2. The Kier molecular flexibility index (Phi) is 15.8. The highest BCUT2D eigenvalue weighted by Gasteiger charge is 2.25. The van der Waals surface area contributed by atoms with Crippen molar-refractivity contribution in [3.05, 3.63) is 106 Å². The Balaban J connectivity index is 0.000000360. The lowest BCUT2D eigenvalue weighted by Crippen LogP contribution is -2.17. The average Bonchev–Trinajstić information content (AvgIpc) is 3.33. The number of rotatable bonds is 12. The molecule has 0 unspecified atom stereocenters. The zero-order valence-corrected chi connectivity index (χ0v) is 25.1. The van der Waals surface area contributed by atoms with Crippen molar-refractivity contribution in [2.75, 3.05) is 0 Å². The number of hydrogen-bond acceptors (Lipinski definition) is 7. The molecular formula is C34H37NO7S. The van der Waals surface area contributed by atoms with Crippen LogP contribution in [0.1, 0.15) is 60.8 Å². The molecule has 0 aliphatic carbocycles. The van der Waals surface area contributed by atoms with Gasteiger partial charge in [0.25, 0.3) is 11.1 Å². The molecule has 2 N–H and O–H groups in total. The molecule has 0 saturated carbocycles. The maximum absolute atomic E-state index is 12.1. The summed E-state index contributed by atoms with van der Waals surface area (Å²) in [6, 6.07) is 25.6. The van der Waals surface area contributed by atoms with E-state index in [1.807, 2.05) is 56.2 Å². The van der Waals surface area contributed by atoms with Crippen molar-refractivity contribution >= 4 is 47.7 Å². The number of nitrogens with one attached hydrogen (secondary N) is 1. The third-order valence-corrected chi connectivity index (χ3v) is 7.06. The number of ether oxygens (including phenoxy) is 1. The zero-order chi connectivity index (χ0) is 31.5. The predicted molar refractivity (Wildman–Crippen MR) is 169 cm³/mol. The van der Waals surface area contributed by atoms with Gasteiger partial charge in [-0.1, -0.05) is 66.7 Å². The van der Waals surface area contributed by atoms with E-state index < -0.39 is 11.9 Å². The van der Waals surface area contributed by atoms with Crippen LogP contribution in [0.5, 0.6) is 5.75 Å². The number of aliphatic carboxylic acids is 1. The number of esters is 1. The molecule has 0 bridgehead atoms. The molecule has 226 valence electrons. The van der Waals surface area contributed by atoms with Crippen LogP contribution in [0.3, 0.4) is 0 Å². The first-order valence-corrected chi connectivity index (χ1v) is 14.8. The first-order valence-electron chi connectivity index (χ1n) is 13.9. The summed E-state index contributed by atoms with van der Waals surface area (Å²) < 4.78 is 5.46. The number of carboxylic acids is 1. The fraction of sp³-hybridized carbons (Fsp3) is 0.265. The van der Waals surface area contributed by atoms with Crippen molar-refractivity contribution < 1.29 is 33.8 Å². The molecule has 1 aliphatic rings. The normalized spacial score (nSPS) is 12.8. The van der Waals surface area contributed by atoms with Crippen LogP contribution >= 0.6 is 11.8 Å². The third-order valence-electron chi connectivity index (χ3n) is 6.25. The summed E-state index contributed by atoms with van der Waals surface area (Å²) in [7, 11) is 0. The largest absolute Gasteiger partial charge is 0.481 e. The lowest BCUT2D eigenvalue weighted by Gasteiger charge is -2.08. The quantitative estimate of drug-likeness (QED) is 0.0987. The number of aryl methyl sites for hydroxylation is 3. The Morgan fingerprint density at radius 1 is 0.837 bits per heavy atom. The molecule has 0 aromatic heterocycles. The molecule has 1 fully saturated rings. The molecular weight excluding hydrogens is 566 g/mol. The van der Waals surface area contributed by atoms with Crippen LogP contribution in [-0.4, -0.2) is 35.0 Å². The van der Waals surface area contributed by atoms with Crippen molar-refractivity contribution in [2.24, 2.45) is 0 Å². The van der Waals surface area contributed by atoms with Crippen molar-refractivity contribution in [1.29, 1.82) is 0 Å². The topological polar surface area (TPSA) is 127 Å². The highest BCUT2D eigenvalue weighted by Crippen LogP contribution is 2.27. The van der Waals surface area contributed by atoms with Gasteiger partial charge in [0.15, 0.2) is 0 Å². The second-order valence-corrected chi connectivity index (χ2v) is 10.6. The summed E-state index contributed by atoms with van der Waals surface area (Å²) in [6.45, 7) is 3.84. The monoisotopic (exact) mass is 603 g/mol. The summed E-state index contributed by atoms with van der Waals surface area (Å²) in [5.74, 6) is -0.833. The number of carboxylic acid groups (broad SMARTS) is 1. The number of thioether (sulfide) groups is 1. The van der Waals surface area contributed by atoms with Crippen molar-refractivity contribution in [1.82, 2.24) is 5.32 Å². The maximum Gasteiger partial charge on any atom is 0.311 e. The second kappa shape index (κ2) is 19.6. The van der Waals surface area contributed by atoms with E-state index in [9.17, 15) is 19.2 Å².